The van der Waals surface area contributed by atoms with Crippen LogP contribution >= 0.6 is 0 Å². The number of carbonyl (C=O) groups excluding carboxylic acids is 2. The number of nitrogens with zero attached hydrogens (tertiary/aromatic N) is 2. The molecule has 0 radical (unpaired) electrons. The van der Waals surface area contributed by atoms with E-state index in [1.165, 1.54) is 12.1 Å². The first-order chi connectivity index (χ1) is 10.7. The van der Waals surface area contributed by atoms with E-state index in [9.17, 15) is 19.7 Å². The Morgan fingerprint density at radius 3 is 2.70 bits per heavy atom. The van der Waals surface area contributed by atoms with Crippen LogP contribution in [0, 0.1) is 10.1 Å². The van der Waals surface area contributed by atoms with Gasteiger partial charge in [0.1, 0.15) is 5.60 Å². The minimum absolute atomic E-state index is 0.0131. The van der Waals surface area contributed by atoms with Crippen molar-refractivity contribution >= 4 is 23.8 Å². The van der Waals surface area contributed by atoms with E-state index in [4.69, 9.17) is 4.74 Å². The molecule has 1 aliphatic heterocycles. The highest BCUT2D eigenvalue weighted by Crippen LogP contribution is 2.25. The summed E-state index contributed by atoms with van der Waals surface area (Å²) in [6, 6.07) is 5.72. The molecule has 1 aromatic carbocycles. The summed E-state index contributed by atoms with van der Waals surface area (Å²) in [4.78, 5) is 34.9. The van der Waals surface area contributed by atoms with E-state index in [-0.39, 0.29) is 18.0 Å². The molecule has 0 spiro atoms. The fraction of sp³-hybridized carbons (Fsp3) is 0.375. The maximum Gasteiger partial charge on any atom is 0.417 e. The molecule has 7 nitrogen and oxygen atoms in total. The Hall–Kier alpha value is -2.70. The Bertz CT molecular complexity index is 675. The average Bonchev–Trinajstić information content (AvgIpc) is 2.41. The predicted octanol–water partition coefficient (Wildman–Crippen LogP) is 3.14. The molecular formula is C16H18N2O5. The molecule has 0 N–H and O–H groups in total. The fourth-order valence-electron chi connectivity index (χ4n) is 2.11. The van der Waals surface area contributed by atoms with E-state index >= 15 is 0 Å². The predicted molar refractivity (Wildman–Crippen MR) is 83.6 cm³/mol. The molecule has 0 aromatic heterocycles. The molecule has 1 atom stereocenters. The number of β-lactam (4-membered cyclic amide) rings is 1. The molecule has 0 aliphatic carbocycles. The van der Waals surface area contributed by atoms with Gasteiger partial charge in [-0.1, -0.05) is 24.3 Å². The van der Waals surface area contributed by atoms with Gasteiger partial charge in [0.25, 0.3) is 5.69 Å². The van der Waals surface area contributed by atoms with E-state index in [0.29, 0.717) is 5.56 Å². The summed E-state index contributed by atoms with van der Waals surface area (Å²) in [5.41, 5.74) is -0.0649. The van der Waals surface area contributed by atoms with Gasteiger partial charge in [-0.25, -0.2) is 9.69 Å². The summed E-state index contributed by atoms with van der Waals surface area (Å²) >= 11 is 0. The number of rotatable bonds is 3. The molecule has 1 heterocycles. The zero-order valence-corrected chi connectivity index (χ0v) is 13.2. The lowest BCUT2D eigenvalue weighted by molar-refractivity contribution is -0.384. The number of carbonyl (C=O) groups is 2. The van der Waals surface area contributed by atoms with Gasteiger partial charge < -0.3 is 4.74 Å². The third kappa shape index (κ3) is 4.15. The lowest BCUT2D eigenvalue weighted by atomic mass is 10.0. The molecule has 1 saturated heterocycles. The number of nitro benzene ring substituents is 1. The second-order valence-corrected chi connectivity index (χ2v) is 6.23. The van der Waals surface area contributed by atoms with Crippen LogP contribution in [-0.2, 0) is 9.53 Å². The summed E-state index contributed by atoms with van der Waals surface area (Å²) in [6.45, 7) is 5.18. The van der Waals surface area contributed by atoms with Crippen molar-refractivity contribution in [1.82, 2.24) is 4.90 Å². The molecule has 23 heavy (non-hydrogen) atoms. The minimum Gasteiger partial charge on any atom is -0.443 e. The van der Waals surface area contributed by atoms with Crippen molar-refractivity contribution in [3.8, 4) is 0 Å². The first-order valence-electron chi connectivity index (χ1n) is 7.15. The fourth-order valence-corrected chi connectivity index (χ4v) is 2.11. The standard InChI is InChI=1S/C16H18N2O5/c1-16(2,3)23-15(20)17-12(10-14(17)19)8-7-11-5-4-6-13(9-11)18(21)22/h4-9,12H,10H2,1-3H3/b8-7+. The molecule has 0 saturated carbocycles. The molecule has 2 amide bonds. The lowest BCUT2D eigenvalue weighted by Crippen LogP contribution is -2.55. The Balaban J connectivity index is 2.08. The van der Waals surface area contributed by atoms with Crippen molar-refractivity contribution in [3.05, 3.63) is 46.0 Å². The Kier molecular flexibility index (Phi) is 4.49. The number of amides is 2. The molecule has 2 rings (SSSR count). The maximum atomic E-state index is 12.0. The largest absolute Gasteiger partial charge is 0.443 e. The van der Waals surface area contributed by atoms with Crippen LogP contribution in [0.25, 0.3) is 6.08 Å². The van der Waals surface area contributed by atoms with E-state index in [2.05, 4.69) is 0 Å². The molecule has 1 aliphatic rings. The van der Waals surface area contributed by atoms with E-state index in [0.717, 1.165) is 4.90 Å². The number of likely N-dealkylation sites (tertiary alicyclic amines) is 1. The molecule has 1 unspecified atom stereocenters. The van der Waals surface area contributed by atoms with Crippen LogP contribution in [0.3, 0.4) is 0 Å². The highest BCUT2D eigenvalue weighted by molar-refractivity contribution is 5.98. The molecule has 122 valence electrons. The zero-order valence-electron chi connectivity index (χ0n) is 13.2. The van der Waals surface area contributed by atoms with Gasteiger partial charge in [-0.15, -0.1) is 0 Å². The molecule has 1 aromatic rings. The normalized spacial score (nSPS) is 18.0. The molecule has 1 fully saturated rings. The highest BCUT2D eigenvalue weighted by atomic mass is 16.6. The van der Waals surface area contributed by atoms with Crippen molar-refractivity contribution in [2.45, 2.75) is 38.8 Å². The van der Waals surface area contributed by atoms with Crippen molar-refractivity contribution in [2.75, 3.05) is 0 Å². The van der Waals surface area contributed by atoms with E-state index in [1.54, 1.807) is 45.1 Å². The van der Waals surface area contributed by atoms with Gasteiger partial charge >= 0.3 is 6.09 Å². The Morgan fingerprint density at radius 1 is 1.43 bits per heavy atom. The van der Waals surface area contributed by atoms with Gasteiger partial charge in [-0.05, 0) is 26.3 Å². The van der Waals surface area contributed by atoms with Crippen LogP contribution in [0.15, 0.2) is 30.3 Å². The number of imide groups is 1. The van der Waals surface area contributed by atoms with Crippen LogP contribution < -0.4 is 0 Å². The van der Waals surface area contributed by atoms with Crippen LogP contribution in [-0.4, -0.2) is 33.5 Å². The van der Waals surface area contributed by atoms with Gasteiger partial charge in [0.05, 0.1) is 17.4 Å². The number of nitro groups is 1. The number of non-ortho nitro benzene ring substituents is 1. The molecule has 0 bridgehead atoms. The summed E-state index contributed by atoms with van der Waals surface area (Å²) in [7, 11) is 0. The second kappa shape index (κ2) is 6.20. The zero-order chi connectivity index (χ0) is 17.2. The van der Waals surface area contributed by atoms with Crippen LogP contribution in [0.4, 0.5) is 10.5 Å². The molecular weight excluding hydrogens is 300 g/mol. The van der Waals surface area contributed by atoms with Crippen molar-refractivity contribution in [2.24, 2.45) is 0 Å². The van der Waals surface area contributed by atoms with Gasteiger partial charge in [0.15, 0.2) is 0 Å². The lowest BCUT2D eigenvalue weighted by Gasteiger charge is -2.37. The van der Waals surface area contributed by atoms with Gasteiger partial charge in [0, 0.05) is 12.1 Å². The third-order valence-electron chi connectivity index (χ3n) is 3.17. The monoisotopic (exact) mass is 318 g/mol. The Labute approximate surface area is 133 Å². The number of benzene rings is 1. The van der Waals surface area contributed by atoms with E-state index in [1.807, 2.05) is 0 Å². The molecule has 7 heteroatoms. The minimum atomic E-state index is -0.679. The smallest absolute Gasteiger partial charge is 0.417 e. The van der Waals surface area contributed by atoms with Crippen molar-refractivity contribution in [3.63, 3.8) is 0 Å². The summed E-state index contributed by atoms with van der Waals surface area (Å²) in [5, 5.41) is 10.7. The topological polar surface area (TPSA) is 89.8 Å². The summed E-state index contributed by atoms with van der Waals surface area (Å²) in [5.74, 6) is -0.298. The third-order valence-corrected chi connectivity index (χ3v) is 3.17. The maximum absolute atomic E-state index is 12.0. The van der Waals surface area contributed by atoms with Crippen LogP contribution in [0.2, 0.25) is 0 Å². The van der Waals surface area contributed by atoms with Crippen molar-refractivity contribution in [1.29, 1.82) is 0 Å². The first kappa shape index (κ1) is 16.7. The number of hydrogen-bond acceptors (Lipinski definition) is 5. The SMILES string of the molecule is CC(C)(C)OC(=O)N1C(=O)CC1/C=C/c1cccc([N+](=O)[O-])c1. The first-order valence-corrected chi connectivity index (χ1v) is 7.15. The summed E-state index contributed by atoms with van der Waals surface area (Å²) in [6.07, 6.45) is 2.86. The number of hydrogen-bond donors (Lipinski definition) is 0. The second-order valence-electron chi connectivity index (χ2n) is 6.23. The van der Waals surface area contributed by atoms with Crippen molar-refractivity contribution < 1.29 is 19.2 Å². The quantitative estimate of drug-likeness (QED) is 0.485. The van der Waals surface area contributed by atoms with Gasteiger partial charge in [-0.3, -0.25) is 14.9 Å². The number of ether oxygens (including phenoxy) is 1. The highest BCUT2D eigenvalue weighted by Gasteiger charge is 2.41. The van der Waals surface area contributed by atoms with Crippen LogP contribution in [0.1, 0.15) is 32.8 Å². The Morgan fingerprint density at radius 2 is 2.13 bits per heavy atom. The van der Waals surface area contributed by atoms with E-state index < -0.39 is 22.7 Å². The van der Waals surface area contributed by atoms with Gasteiger partial charge in [-0.2, -0.15) is 0 Å². The van der Waals surface area contributed by atoms with Crippen LogP contribution in [0.5, 0.6) is 0 Å². The average molecular weight is 318 g/mol. The summed E-state index contributed by atoms with van der Waals surface area (Å²) < 4.78 is 5.19. The van der Waals surface area contributed by atoms with Gasteiger partial charge in [0.2, 0.25) is 5.91 Å².